The molecule has 1 aromatic carbocycles. The maximum Gasteiger partial charge on any atom is 0.292 e. The van der Waals surface area contributed by atoms with Crippen LogP contribution in [-0.2, 0) is 0 Å². The second-order valence-electron chi connectivity index (χ2n) is 3.07. The zero-order chi connectivity index (χ0) is 10.6. The van der Waals surface area contributed by atoms with Gasteiger partial charge in [-0.1, -0.05) is 37.3 Å². The molecule has 1 rings (SSSR count). The molecule has 0 aliphatic rings. The normalized spacial score (nSPS) is 11.4. The van der Waals surface area contributed by atoms with Crippen LogP contribution < -0.4 is 18.1 Å². The Bertz CT molecular complexity index is 308. The number of hydrogen-bond donors (Lipinski definition) is 2. The predicted octanol–water partition coefficient (Wildman–Crippen LogP) is -1.64. The molecule has 0 radical (unpaired) electrons. The van der Waals surface area contributed by atoms with Gasteiger partial charge in [0.05, 0.1) is 6.04 Å². The first-order chi connectivity index (χ1) is 6.66. The summed E-state index contributed by atoms with van der Waals surface area (Å²) < 4.78 is 0. The van der Waals surface area contributed by atoms with Crippen LogP contribution in [0.25, 0.3) is 0 Å². The zero-order valence-electron chi connectivity index (χ0n) is 8.56. The molecule has 0 heterocycles. The number of nitrogens with zero attached hydrogens (tertiary/aromatic N) is 1. The van der Waals surface area contributed by atoms with E-state index in [4.69, 9.17) is 12.2 Å². The molecule has 0 amide bonds. The van der Waals surface area contributed by atoms with E-state index >= 15 is 0 Å². The molecule has 0 fully saturated rings. The van der Waals surface area contributed by atoms with E-state index < -0.39 is 0 Å². The SMILES string of the molecule is CCC(c1ccccc1)N(O)C([NH3+])=S.[Cl-]. The Kier molecular flexibility index (Phi) is 6.43. The standard InChI is InChI=1S/C10H14N2OS.ClH/c1-2-9(12(13)10(11)14)8-6-4-3-5-7-8;/h3-7,9,13H,2H2,1H3,(H2,11,14);1H. The monoisotopic (exact) mass is 246 g/mol. The van der Waals surface area contributed by atoms with Gasteiger partial charge < -0.3 is 12.4 Å². The van der Waals surface area contributed by atoms with E-state index in [9.17, 15) is 5.21 Å². The number of benzene rings is 1. The van der Waals surface area contributed by atoms with E-state index in [1.54, 1.807) is 0 Å². The second-order valence-corrected chi connectivity index (χ2v) is 3.54. The minimum Gasteiger partial charge on any atom is -1.00 e. The lowest BCUT2D eigenvalue weighted by molar-refractivity contribution is -0.263. The molecule has 0 saturated heterocycles. The van der Waals surface area contributed by atoms with Crippen molar-refractivity contribution in [2.45, 2.75) is 19.4 Å². The van der Waals surface area contributed by atoms with Gasteiger partial charge in [-0.15, -0.1) is 0 Å². The topological polar surface area (TPSA) is 51.1 Å². The van der Waals surface area contributed by atoms with Crippen molar-refractivity contribution in [3.63, 3.8) is 0 Å². The highest BCUT2D eigenvalue weighted by Crippen LogP contribution is 2.21. The van der Waals surface area contributed by atoms with Crippen LogP contribution in [0.3, 0.4) is 0 Å². The van der Waals surface area contributed by atoms with Gasteiger partial charge in [0.1, 0.15) is 0 Å². The maximum absolute atomic E-state index is 9.67. The van der Waals surface area contributed by atoms with E-state index in [1.165, 1.54) is 0 Å². The maximum atomic E-state index is 9.67. The van der Waals surface area contributed by atoms with Crippen LogP contribution in [0, 0.1) is 0 Å². The molecule has 1 atom stereocenters. The van der Waals surface area contributed by atoms with Gasteiger partial charge >= 0.3 is 0 Å². The summed E-state index contributed by atoms with van der Waals surface area (Å²) in [6.07, 6.45) is 0.788. The van der Waals surface area contributed by atoms with Crippen molar-refractivity contribution in [2.24, 2.45) is 0 Å². The van der Waals surface area contributed by atoms with Crippen LogP contribution in [0.1, 0.15) is 24.9 Å². The zero-order valence-corrected chi connectivity index (χ0v) is 10.1. The van der Waals surface area contributed by atoms with Crippen LogP contribution in [0.2, 0.25) is 0 Å². The van der Waals surface area contributed by atoms with Crippen molar-refractivity contribution in [3.8, 4) is 0 Å². The number of thiocarbonyl (C=S) groups is 1. The summed E-state index contributed by atoms with van der Waals surface area (Å²) in [4.78, 5) is 0. The number of quaternary nitrogens is 1. The molecule has 3 nitrogen and oxygen atoms in total. The average Bonchev–Trinajstić information content (AvgIpc) is 2.20. The van der Waals surface area contributed by atoms with Gasteiger partial charge in [-0.05, 0) is 12.0 Å². The average molecular weight is 247 g/mol. The predicted molar refractivity (Wildman–Crippen MR) is 58.6 cm³/mol. The third kappa shape index (κ3) is 3.76. The van der Waals surface area contributed by atoms with Crippen molar-refractivity contribution >= 4 is 17.3 Å². The van der Waals surface area contributed by atoms with Crippen LogP contribution in [-0.4, -0.2) is 15.4 Å². The molecule has 1 unspecified atom stereocenters. The van der Waals surface area contributed by atoms with Crippen molar-refractivity contribution in [1.29, 1.82) is 0 Å². The molecular weight excluding hydrogens is 232 g/mol. The Morgan fingerprint density at radius 3 is 2.40 bits per heavy atom. The number of rotatable bonds is 3. The fraction of sp³-hybridized carbons (Fsp3) is 0.300. The molecule has 1 aromatic rings. The molecule has 15 heavy (non-hydrogen) atoms. The van der Waals surface area contributed by atoms with Crippen LogP contribution in [0.4, 0.5) is 0 Å². The van der Waals surface area contributed by atoms with E-state index in [-0.39, 0.29) is 23.6 Å². The van der Waals surface area contributed by atoms with Gasteiger partial charge in [-0.2, -0.15) is 5.06 Å². The summed E-state index contributed by atoms with van der Waals surface area (Å²) >= 11 is 4.83. The first-order valence-corrected chi connectivity index (χ1v) is 4.96. The number of hydrogen-bond acceptors (Lipinski definition) is 2. The summed E-state index contributed by atoms with van der Waals surface area (Å²) in [5, 5.41) is 11.0. The third-order valence-corrected chi connectivity index (χ3v) is 2.31. The molecular formula is C10H15ClN2OS. The summed E-state index contributed by atoms with van der Waals surface area (Å²) in [5.74, 6) is 0. The summed E-state index contributed by atoms with van der Waals surface area (Å²) in [5.41, 5.74) is 4.59. The van der Waals surface area contributed by atoms with Crippen LogP contribution >= 0.6 is 12.2 Å². The Hall–Kier alpha value is -0.680. The van der Waals surface area contributed by atoms with Crippen LogP contribution in [0.5, 0.6) is 0 Å². The Morgan fingerprint density at radius 1 is 1.47 bits per heavy atom. The first-order valence-electron chi connectivity index (χ1n) is 4.55. The molecule has 5 heteroatoms. The Morgan fingerprint density at radius 2 is 2.00 bits per heavy atom. The van der Waals surface area contributed by atoms with Gasteiger partial charge in [0.2, 0.25) is 0 Å². The lowest BCUT2D eigenvalue weighted by Crippen LogP contribution is -3.00. The summed E-state index contributed by atoms with van der Waals surface area (Å²) in [6.45, 7) is 2.00. The van der Waals surface area contributed by atoms with Gasteiger partial charge in [-0.25, -0.2) is 0 Å². The van der Waals surface area contributed by atoms with Gasteiger partial charge in [0.15, 0.2) is 0 Å². The summed E-state index contributed by atoms with van der Waals surface area (Å²) in [6, 6.07) is 9.67. The minimum atomic E-state index is -0.0961. The molecule has 4 N–H and O–H groups in total. The quantitative estimate of drug-likeness (QED) is 0.497. The minimum absolute atomic E-state index is 0. The fourth-order valence-electron chi connectivity index (χ4n) is 1.40. The molecule has 84 valence electrons. The van der Waals surface area contributed by atoms with E-state index in [1.807, 2.05) is 37.3 Å². The molecule has 0 spiro atoms. The third-order valence-electron chi connectivity index (χ3n) is 2.12. The second kappa shape index (κ2) is 6.74. The van der Waals surface area contributed by atoms with Crippen molar-refractivity contribution < 1.29 is 23.3 Å². The van der Waals surface area contributed by atoms with E-state index in [2.05, 4.69) is 5.73 Å². The Balaban J connectivity index is 0.00000196. The lowest BCUT2D eigenvalue weighted by Gasteiger charge is -2.23. The van der Waals surface area contributed by atoms with Crippen molar-refractivity contribution in [2.75, 3.05) is 0 Å². The molecule has 0 saturated carbocycles. The smallest absolute Gasteiger partial charge is 0.292 e. The highest BCUT2D eigenvalue weighted by Gasteiger charge is 2.19. The number of halogens is 1. The lowest BCUT2D eigenvalue weighted by atomic mass is 10.0. The molecule has 0 aliphatic carbocycles. The first kappa shape index (κ1) is 14.3. The molecule has 0 aromatic heterocycles. The van der Waals surface area contributed by atoms with Gasteiger partial charge in [0, 0.05) is 12.2 Å². The highest BCUT2D eigenvalue weighted by atomic mass is 35.5. The summed E-state index contributed by atoms with van der Waals surface area (Å²) in [7, 11) is 0. The highest BCUT2D eigenvalue weighted by molar-refractivity contribution is 7.79. The number of hydroxylamine groups is 2. The van der Waals surface area contributed by atoms with Crippen molar-refractivity contribution in [1.82, 2.24) is 5.06 Å². The molecule has 0 aliphatic heterocycles. The van der Waals surface area contributed by atoms with E-state index in [0.29, 0.717) is 0 Å². The van der Waals surface area contributed by atoms with Gasteiger partial charge in [0.25, 0.3) is 5.11 Å². The Labute approximate surface area is 101 Å². The van der Waals surface area contributed by atoms with Gasteiger partial charge in [-0.3, -0.25) is 10.9 Å². The van der Waals surface area contributed by atoms with E-state index in [0.717, 1.165) is 17.0 Å². The van der Waals surface area contributed by atoms with Crippen LogP contribution in [0.15, 0.2) is 30.3 Å². The largest absolute Gasteiger partial charge is 1.00 e. The molecule has 0 bridgehead atoms. The van der Waals surface area contributed by atoms with Crippen molar-refractivity contribution in [3.05, 3.63) is 35.9 Å². The fourth-order valence-corrected chi connectivity index (χ4v) is 1.53.